The Morgan fingerprint density at radius 2 is 2.25 bits per heavy atom. The van der Waals surface area contributed by atoms with E-state index in [1.807, 2.05) is 30.0 Å². The van der Waals surface area contributed by atoms with E-state index in [1.165, 1.54) is 0 Å². The highest BCUT2D eigenvalue weighted by molar-refractivity contribution is 8.04. The molecule has 0 radical (unpaired) electrons. The summed E-state index contributed by atoms with van der Waals surface area (Å²) in [6.45, 7) is 4.44. The number of carbonyl (C=O) groups is 1. The Bertz CT molecular complexity index is 719. The van der Waals surface area contributed by atoms with Gasteiger partial charge >= 0.3 is 0 Å². The number of hydrogen-bond acceptors (Lipinski definition) is 5. The molecular weight excluding hydrogens is 356 g/mol. The zero-order valence-corrected chi connectivity index (χ0v) is 16.5. The van der Waals surface area contributed by atoms with Gasteiger partial charge in [0.25, 0.3) is 0 Å². The molecule has 2 rings (SSSR count). The minimum absolute atomic E-state index is 0.00873. The molecule has 0 fully saturated rings. The average molecular weight is 379 g/mol. The van der Waals surface area contributed by atoms with Crippen molar-refractivity contribution in [3.63, 3.8) is 0 Å². The van der Waals surface area contributed by atoms with Crippen molar-refractivity contribution < 1.29 is 4.79 Å². The first-order chi connectivity index (χ1) is 11.6. The molecule has 0 aliphatic heterocycles. The topological polar surface area (TPSA) is 42.0 Å². The van der Waals surface area contributed by atoms with Crippen LogP contribution in [0.25, 0.3) is 10.2 Å². The lowest BCUT2D eigenvalue weighted by Gasteiger charge is -2.04. The zero-order valence-electron chi connectivity index (χ0n) is 14.0. The largest absolute Gasteiger partial charge is 0.326 e. The Hall–Kier alpha value is -1.16. The number of terminal acetylenes is 1. The number of nitrogens with one attached hydrogen (secondary N) is 1. The number of aromatic nitrogens is 1. The van der Waals surface area contributed by atoms with Crippen molar-refractivity contribution in [2.45, 2.75) is 42.7 Å². The van der Waals surface area contributed by atoms with Crippen LogP contribution in [0, 0.1) is 12.3 Å². The van der Waals surface area contributed by atoms with Crippen LogP contribution in [-0.4, -0.2) is 27.6 Å². The fourth-order valence-electron chi connectivity index (χ4n) is 2.03. The summed E-state index contributed by atoms with van der Waals surface area (Å²) in [4.78, 5) is 16.5. The van der Waals surface area contributed by atoms with E-state index in [4.69, 9.17) is 6.42 Å². The highest BCUT2D eigenvalue weighted by Crippen LogP contribution is 2.31. The van der Waals surface area contributed by atoms with Crippen molar-refractivity contribution in [3.05, 3.63) is 18.2 Å². The molecule has 0 aliphatic rings. The predicted octanol–water partition coefficient (Wildman–Crippen LogP) is 5.27. The first-order valence-electron chi connectivity index (χ1n) is 7.97. The van der Waals surface area contributed by atoms with E-state index < -0.39 is 0 Å². The summed E-state index contributed by atoms with van der Waals surface area (Å²) >= 11 is 5.46. The lowest BCUT2D eigenvalue weighted by atomic mass is 10.2. The van der Waals surface area contributed by atoms with Gasteiger partial charge in [-0.05, 0) is 29.9 Å². The monoisotopic (exact) mass is 378 g/mol. The summed E-state index contributed by atoms with van der Waals surface area (Å²) in [6, 6.07) is 5.87. The summed E-state index contributed by atoms with van der Waals surface area (Å²) in [5.74, 6) is 4.77. The number of rotatable bonds is 9. The van der Waals surface area contributed by atoms with E-state index in [2.05, 4.69) is 30.1 Å². The lowest BCUT2D eigenvalue weighted by Crippen LogP contribution is -2.10. The Balaban J connectivity index is 1.91. The molecule has 1 amide bonds. The Morgan fingerprint density at radius 3 is 3.00 bits per heavy atom. The first kappa shape index (κ1) is 19.2. The van der Waals surface area contributed by atoms with Gasteiger partial charge in [-0.2, -0.15) is 11.8 Å². The zero-order chi connectivity index (χ0) is 17.4. The molecule has 24 heavy (non-hydrogen) atoms. The van der Waals surface area contributed by atoms with Gasteiger partial charge in [-0.25, -0.2) is 4.98 Å². The Labute approximate surface area is 156 Å². The van der Waals surface area contributed by atoms with Gasteiger partial charge in [0, 0.05) is 30.0 Å². The van der Waals surface area contributed by atoms with Crippen LogP contribution in [0.1, 0.15) is 33.1 Å². The van der Waals surface area contributed by atoms with E-state index in [0.29, 0.717) is 18.1 Å². The third-order valence-electron chi connectivity index (χ3n) is 3.14. The highest BCUT2D eigenvalue weighted by Gasteiger charge is 2.07. The molecule has 0 atom stereocenters. The summed E-state index contributed by atoms with van der Waals surface area (Å²) in [6.07, 6.45) is 7.02. The van der Waals surface area contributed by atoms with Gasteiger partial charge in [0.15, 0.2) is 4.34 Å². The lowest BCUT2D eigenvalue weighted by molar-refractivity contribution is -0.116. The number of amides is 1. The van der Waals surface area contributed by atoms with Crippen LogP contribution in [0.4, 0.5) is 5.69 Å². The molecule has 1 heterocycles. The number of thioether (sulfide) groups is 2. The molecule has 128 valence electrons. The summed E-state index contributed by atoms with van der Waals surface area (Å²) < 4.78 is 2.20. The number of benzene rings is 1. The van der Waals surface area contributed by atoms with Crippen molar-refractivity contribution in [2.75, 3.05) is 16.8 Å². The fourth-order valence-corrected chi connectivity index (χ4v) is 5.05. The van der Waals surface area contributed by atoms with Crippen LogP contribution in [-0.2, 0) is 4.79 Å². The second-order valence-corrected chi connectivity index (χ2v) is 9.59. The van der Waals surface area contributed by atoms with Crippen molar-refractivity contribution >= 4 is 56.7 Å². The number of fused-ring (bicyclic) bond motifs is 1. The SMILES string of the molecule is C#CCCCC(=O)Nc1ccc2nc(SCCSC(C)C)sc2c1. The third-order valence-corrected chi connectivity index (χ3v) is 6.67. The van der Waals surface area contributed by atoms with Crippen LogP contribution in [0.5, 0.6) is 0 Å². The second kappa shape index (κ2) is 9.97. The maximum atomic E-state index is 11.9. The van der Waals surface area contributed by atoms with Crippen LogP contribution < -0.4 is 5.32 Å². The van der Waals surface area contributed by atoms with Crippen LogP contribution in [0.3, 0.4) is 0 Å². The van der Waals surface area contributed by atoms with Gasteiger partial charge in [-0.15, -0.1) is 23.7 Å². The molecule has 0 aliphatic carbocycles. The van der Waals surface area contributed by atoms with E-state index in [-0.39, 0.29) is 5.91 Å². The maximum Gasteiger partial charge on any atom is 0.224 e. The van der Waals surface area contributed by atoms with E-state index in [0.717, 1.165) is 38.2 Å². The van der Waals surface area contributed by atoms with Crippen molar-refractivity contribution in [1.82, 2.24) is 4.98 Å². The second-order valence-electron chi connectivity index (χ2n) is 5.54. The van der Waals surface area contributed by atoms with Crippen molar-refractivity contribution in [1.29, 1.82) is 0 Å². The molecule has 3 nitrogen and oxygen atoms in total. The molecule has 2 aromatic rings. The molecular formula is C18H22N2OS3. The van der Waals surface area contributed by atoms with Gasteiger partial charge in [-0.1, -0.05) is 25.6 Å². The number of nitrogens with zero attached hydrogens (tertiary/aromatic N) is 1. The molecule has 0 spiro atoms. The molecule has 0 saturated heterocycles. The normalized spacial score (nSPS) is 10.9. The number of hydrogen-bond donors (Lipinski definition) is 1. The van der Waals surface area contributed by atoms with Crippen LogP contribution >= 0.6 is 34.9 Å². The number of thiazole rings is 1. The van der Waals surface area contributed by atoms with Crippen LogP contribution in [0.15, 0.2) is 22.5 Å². The van der Waals surface area contributed by atoms with E-state index in [1.54, 1.807) is 23.1 Å². The molecule has 1 aromatic heterocycles. The molecule has 6 heteroatoms. The minimum Gasteiger partial charge on any atom is -0.326 e. The minimum atomic E-state index is 0.00873. The van der Waals surface area contributed by atoms with Gasteiger partial charge in [0.2, 0.25) is 5.91 Å². The smallest absolute Gasteiger partial charge is 0.224 e. The number of unbranched alkanes of at least 4 members (excludes halogenated alkanes) is 1. The molecule has 1 N–H and O–H groups in total. The Kier molecular flexibility index (Phi) is 7.97. The summed E-state index contributed by atoms with van der Waals surface area (Å²) in [7, 11) is 0. The molecule has 1 aromatic carbocycles. The predicted molar refractivity (Wildman–Crippen MR) is 109 cm³/mol. The van der Waals surface area contributed by atoms with Gasteiger partial charge < -0.3 is 5.32 Å². The van der Waals surface area contributed by atoms with Crippen molar-refractivity contribution in [2.24, 2.45) is 0 Å². The molecule has 0 bridgehead atoms. The van der Waals surface area contributed by atoms with Crippen molar-refractivity contribution in [3.8, 4) is 12.3 Å². The highest BCUT2D eigenvalue weighted by atomic mass is 32.2. The van der Waals surface area contributed by atoms with Gasteiger partial charge in [-0.3, -0.25) is 4.79 Å². The number of carbonyl (C=O) groups excluding carboxylic acids is 1. The van der Waals surface area contributed by atoms with Gasteiger partial charge in [0.05, 0.1) is 10.2 Å². The fraction of sp³-hybridized carbons (Fsp3) is 0.444. The standard InChI is InChI=1S/C18H22N2OS3/c1-4-5-6-7-17(21)19-14-8-9-15-16(12-14)24-18(20-15)23-11-10-22-13(2)3/h1,8-9,12-13H,5-7,10-11H2,2-3H3,(H,19,21). The molecule has 0 unspecified atom stereocenters. The summed E-state index contributed by atoms with van der Waals surface area (Å²) in [5.41, 5.74) is 1.81. The first-order valence-corrected chi connectivity index (χ1v) is 10.8. The Morgan fingerprint density at radius 1 is 1.42 bits per heavy atom. The maximum absolute atomic E-state index is 11.9. The average Bonchev–Trinajstić information content (AvgIpc) is 2.93. The number of anilines is 1. The van der Waals surface area contributed by atoms with Crippen LogP contribution in [0.2, 0.25) is 0 Å². The summed E-state index contributed by atoms with van der Waals surface area (Å²) in [5, 5.41) is 3.60. The van der Waals surface area contributed by atoms with E-state index in [9.17, 15) is 4.79 Å². The quantitative estimate of drug-likeness (QED) is 0.366. The van der Waals surface area contributed by atoms with E-state index >= 15 is 0 Å². The molecule has 0 saturated carbocycles. The third kappa shape index (κ3) is 6.39. The van der Waals surface area contributed by atoms with Gasteiger partial charge in [0.1, 0.15) is 0 Å².